The third-order valence-electron chi connectivity index (χ3n) is 2.25. The Labute approximate surface area is 116 Å². The van der Waals surface area contributed by atoms with Gasteiger partial charge in [-0.2, -0.15) is 5.26 Å². The average Bonchev–Trinajstić information content (AvgIpc) is 2.39. The lowest BCUT2D eigenvalue weighted by molar-refractivity contribution is -0.142. The van der Waals surface area contributed by atoms with Crippen molar-refractivity contribution in [1.29, 1.82) is 5.26 Å². The molecule has 0 aromatic heterocycles. The fraction of sp³-hybridized carbons (Fsp3) is 0.333. The molecular formula is C12H13FN2O4S. The van der Waals surface area contributed by atoms with Crippen molar-refractivity contribution in [3.63, 3.8) is 0 Å². The summed E-state index contributed by atoms with van der Waals surface area (Å²) in [7, 11) is -3.82. The second-order valence-electron chi connectivity index (χ2n) is 3.78. The molecule has 1 N–H and O–H groups in total. The maximum absolute atomic E-state index is 12.9. The van der Waals surface area contributed by atoms with Crippen molar-refractivity contribution in [3.8, 4) is 6.07 Å². The first-order valence-corrected chi connectivity index (χ1v) is 7.39. The first-order valence-electron chi connectivity index (χ1n) is 5.73. The molecule has 0 amide bonds. The zero-order valence-electron chi connectivity index (χ0n) is 10.7. The molecule has 0 aliphatic rings. The van der Waals surface area contributed by atoms with Gasteiger partial charge >= 0.3 is 5.97 Å². The van der Waals surface area contributed by atoms with Crippen LogP contribution in [0.2, 0.25) is 0 Å². The molecule has 0 heterocycles. The Bertz CT molecular complexity index is 637. The Morgan fingerprint density at radius 3 is 2.80 bits per heavy atom. The first-order chi connectivity index (χ1) is 9.38. The highest BCUT2D eigenvalue weighted by Crippen LogP contribution is 2.17. The number of nitriles is 1. The zero-order chi connectivity index (χ0) is 15.2. The second kappa shape index (κ2) is 6.86. The molecule has 20 heavy (non-hydrogen) atoms. The van der Waals surface area contributed by atoms with Crippen LogP contribution in [0.25, 0.3) is 0 Å². The lowest BCUT2D eigenvalue weighted by Crippen LogP contribution is -2.20. The number of carbonyl (C=O) groups excluding carboxylic acids is 1. The van der Waals surface area contributed by atoms with Crippen LogP contribution >= 0.6 is 0 Å². The molecule has 0 unspecified atom stereocenters. The summed E-state index contributed by atoms with van der Waals surface area (Å²) in [6, 6.07) is 4.79. The van der Waals surface area contributed by atoms with Crippen molar-refractivity contribution in [2.24, 2.45) is 0 Å². The number of esters is 1. The summed E-state index contributed by atoms with van der Waals surface area (Å²) in [5.41, 5.74) is -0.164. The number of rotatable bonds is 6. The van der Waals surface area contributed by atoms with Crippen molar-refractivity contribution in [2.45, 2.75) is 13.3 Å². The van der Waals surface area contributed by atoms with Gasteiger partial charge in [-0.15, -0.1) is 0 Å². The van der Waals surface area contributed by atoms with Crippen LogP contribution in [0.15, 0.2) is 18.2 Å². The molecule has 0 aliphatic carbocycles. The van der Waals surface area contributed by atoms with E-state index in [1.165, 1.54) is 0 Å². The third kappa shape index (κ3) is 4.85. The molecule has 1 aromatic carbocycles. The first kappa shape index (κ1) is 15.9. The van der Waals surface area contributed by atoms with Gasteiger partial charge in [0, 0.05) is 0 Å². The predicted molar refractivity (Wildman–Crippen MR) is 69.8 cm³/mol. The van der Waals surface area contributed by atoms with Crippen molar-refractivity contribution >= 4 is 21.7 Å². The lowest BCUT2D eigenvalue weighted by atomic mass is 10.2. The molecule has 0 saturated heterocycles. The zero-order valence-corrected chi connectivity index (χ0v) is 11.5. The minimum absolute atomic E-state index is 0.0299. The highest BCUT2D eigenvalue weighted by atomic mass is 32.2. The fourth-order valence-electron chi connectivity index (χ4n) is 1.37. The van der Waals surface area contributed by atoms with Crippen molar-refractivity contribution in [3.05, 3.63) is 29.6 Å². The number of nitrogens with one attached hydrogen (secondary N) is 1. The van der Waals surface area contributed by atoms with Crippen LogP contribution in [0, 0.1) is 17.1 Å². The van der Waals surface area contributed by atoms with E-state index in [0.717, 1.165) is 18.2 Å². The average molecular weight is 300 g/mol. The summed E-state index contributed by atoms with van der Waals surface area (Å²) in [6.45, 7) is 1.78. The van der Waals surface area contributed by atoms with E-state index in [-0.39, 0.29) is 24.3 Å². The number of carbonyl (C=O) groups is 1. The second-order valence-corrected chi connectivity index (χ2v) is 5.62. The summed E-state index contributed by atoms with van der Waals surface area (Å²) < 4.78 is 43.1. The molecule has 0 bridgehead atoms. The number of benzene rings is 1. The van der Waals surface area contributed by atoms with E-state index in [2.05, 4.69) is 9.46 Å². The highest BCUT2D eigenvalue weighted by molar-refractivity contribution is 7.92. The topological polar surface area (TPSA) is 96.3 Å². The molecule has 1 aromatic rings. The van der Waals surface area contributed by atoms with Crippen LogP contribution in [0.5, 0.6) is 0 Å². The largest absolute Gasteiger partial charge is 0.466 e. The number of nitrogens with zero attached hydrogens (tertiary/aromatic N) is 1. The number of halogens is 1. The van der Waals surface area contributed by atoms with Crippen LogP contribution in [0.4, 0.5) is 10.1 Å². The van der Waals surface area contributed by atoms with Crippen molar-refractivity contribution < 1.29 is 22.3 Å². The maximum atomic E-state index is 12.9. The van der Waals surface area contributed by atoms with Crippen LogP contribution in [0.1, 0.15) is 18.9 Å². The van der Waals surface area contributed by atoms with Gasteiger partial charge in [0.15, 0.2) is 0 Å². The fourth-order valence-corrected chi connectivity index (χ4v) is 2.42. The number of ether oxygens (including phenoxy) is 1. The molecular weight excluding hydrogens is 287 g/mol. The number of hydrogen-bond donors (Lipinski definition) is 1. The monoisotopic (exact) mass is 300 g/mol. The Kier molecular flexibility index (Phi) is 5.46. The molecule has 8 heteroatoms. The Morgan fingerprint density at radius 1 is 1.50 bits per heavy atom. The Hall–Kier alpha value is -2.14. The highest BCUT2D eigenvalue weighted by Gasteiger charge is 2.16. The van der Waals surface area contributed by atoms with Gasteiger partial charge in [0.1, 0.15) is 11.9 Å². The third-order valence-corrected chi connectivity index (χ3v) is 3.52. The summed E-state index contributed by atoms with van der Waals surface area (Å²) >= 11 is 0. The molecule has 0 atom stereocenters. The lowest BCUT2D eigenvalue weighted by Gasteiger charge is -2.09. The van der Waals surface area contributed by atoms with Crippen LogP contribution in [-0.2, 0) is 19.6 Å². The Morgan fingerprint density at radius 2 is 2.20 bits per heavy atom. The van der Waals surface area contributed by atoms with Gasteiger partial charge in [0.05, 0.1) is 30.0 Å². The van der Waals surface area contributed by atoms with Crippen LogP contribution in [-0.4, -0.2) is 26.7 Å². The van der Waals surface area contributed by atoms with Crippen LogP contribution in [0.3, 0.4) is 0 Å². The molecule has 0 spiro atoms. The van der Waals surface area contributed by atoms with Gasteiger partial charge in [0.2, 0.25) is 10.0 Å². The van der Waals surface area contributed by atoms with E-state index in [0.29, 0.717) is 0 Å². The van der Waals surface area contributed by atoms with Gasteiger partial charge < -0.3 is 4.74 Å². The van der Waals surface area contributed by atoms with Gasteiger partial charge in [-0.1, -0.05) is 0 Å². The molecule has 0 fully saturated rings. The van der Waals surface area contributed by atoms with E-state index in [1.54, 1.807) is 13.0 Å². The molecule has 0 radical (unpaired) electrons. The number of anilines is 1. The molecule has 108 valence electrons. The standard InChI is InChI=1S/C12H13FN2O4S/c1-2-19-12(16)5-6-20(17,18)15-11-4-3-10(13)7-9(11)8-14/h3-4,7,15H,2,5-6H2,1H3. The van der Waals surface area contributed by atoms with Crippen LogP contribution < -0.4 is 4.72 Å². The predicted octanol–water partition coefficient (Wildman–Crippen LogP) is 1.39. The van der Waals surface area contributed by atoms with Crippen molar-refractivity contribution in [2.75, 3.05) is 17.1 Å². The van der Waals surface area contributed by atoms with Gasteiger partial charge in [0.25, 0.3) is 0 Å². The maximum Gasteiger partial charge on any atom is 0.306 e. The molecule has 6 nitrogen and oxygen atoms in total. The molecule has 0 aliphatic heterocycles. The van der Waals surface area contributed by atoms with E-state index >= 15 is 0 Å². The van der Waals surface area contributed by atoms with Gasteiger partial charge in [-0.25, -0.2) is 12.8 Å². The smallest absolute Gasteiger partial charge is 0.306 e. The van der Waals surface area contributed by atoms with E-state index in [4.69, 9.17) is 5.26 Å². The van der Waals surface area contributed by atoms with E-state index in [9.17, 15) is 17.6 Å². The Balaban J connectivity index is 2.77. The van der Waals surface area contributed by atoms with E-state index < -0.39 is 27.6 Å². The summed E-state index contributed by atoms with van der Waals surface area (Å²) in [6.07, 6.45) is -0.299. The number of sulfonamides is 1. The van der Waals surface area contributed by atoms with E-state index in [1.807, 2.05) is 0 Å². The van der Waals surface area contributed by atoms with Gasteiger partial charge in [-0.05, 0) is 25.1 Å². The summed E-state index contributed by atoms with van der Waals surface area (Å²) in [4.78, 5) is 11.1. The normalized spacial score (nSPS) is 10.7. The summed E-state index contributed by atoms with van der Waals surface area (Å²) in [5.74, 6) is -1.75. The summed E-state index contributed by atoms with van der Waals surface area (Å²) in [5, 5.41) is 8.80. The quantitative estimate of drug-likeness (QED) is 0.801. The molecule has 1 rings (SSSR count). The molecule has 0 saturated carbocycles. The number of hydrogen-bond acceptors (Lipinski definition) is 5. The SMILES string of the molecule is CCOC(=O)CCS(=O)(=O)Nc1ccc(F)cc1C#N. The minimum Gasteiger partial charge on any atom is -0.466 e. The van der Waals surface area contributed by atoms with Crippen molar-refractivity contribution in [1.82, 2.24) is 0 Å². The van der Waals surface area contributed by atoms with Gasteiger partial charge in [-0.3, -0.25) is 9.52 Å². The minimum atomic E-state index is -3.82.